The molecule has 0 atom stereocenters. The smallest absolute Gasteiger partial charge is 0.274 e. The van der Waals surface area contributed by atoms with E-state index in [9.17, 15) is 4.79 Å². The van der Waals surface area contributed by atoms with Crippen LogP contribution >= 0.6 is 34.8 Å². The van der Waals surface area contributed by atoms with Crippen LogP contribution in [0.4, 0.5) is 0 Å². The van der Waals surface area contributed by atoms with Gasteiger partial charge in [0.1, 0.15) is 5.69 Å². The van der Waals surface area contributed by atoms with Gasteiger partial charge in [-0.1, -0.05) is 41.7 Å². The number of benzene rings is 1. The van der Waals surface area contributed by atoms with Crippen molar-refractivity contribution in [1.82, 2.24) is 9.78 Å². The maximum atomic E-state index is 12.2. The highest BCUT2D eigenvalue weighted by Gasteiger charge is 2.16. The summed E-state index contributed by atoms with van der Waals surface area (Å²) in [6, 6.07) is 3.11. The third-order valence-corrected chi connectivity index (χ3v) is 3.55. The van der Waals surface area contributed by atoms with Crippen molar-refractivity contribution >= 4 is 34.8 Å². The van der Waals surface area contributed by atoms with E-state index in [-0.39, 0.29) is 5.56 Å². The van der Waals surface area contributed by atoms with Gasteiger partial charge in [-0.2, -0.15) is 0 Å². The number of hydrogen-bond donors (Lipinski definition) is 1. The molecule has 0 fully saturated rings. The first kappa shape index (κ1) is 13.5. The number of rotatable bonds is 2. The second-order valence-corrected chi connectivity index (χ2v) is 5.18. The van der Waals surface area contributed by atoms with E-state index >= 15 is 0 Å². The lowest BCUT2D eigenvalue weighted by Crippen LogP contribution is -2.17. The first-order valence-corrected chi connectivity index (χ1v) is 6.54. The monoisotopic (exact) mass is 304 g/mol. The van der Waals surface area contributed by atoms with Crippen molar-refractivity contribution in [2.75, 3.05) is 0 Å². The van der Waals surface area contributed by atoms with E-state index in [1.165, 1.54) is 4.68 Å². The van der Waals surface area contributed by atoms with Crippen LogP contribution in [0.5, 0.6) is 0 Å². The summed E-state index contributed by atoms with van der Waals surface area (Å²) >= 11 is 18.0. The van der Waals surface area contributed by atoms with Gasteiger partial charge in [0.25, 0.3) is 5.56 Å². The van der Waals surface area contributed by atoms with Gasteiger partial charge in [-0.25, -0.2) is 4.68 Å². The summed E-state index contributed by atoms with van der Waals surface area (Å²) in [5, 5.41) is 4.07. The quantitative estimate of drug-likeness (QED) is 0.895. The molecule has 96 valence electrons. The van der Waals surface area contributed by atoms with Gasteiger partial charge in [0.05, 0.1) is 10.0 Å². The van der Waals surface area contributed by atoms with Crippen molar-refractivity contribution in [3.05, 3.63) is 48.8 Å². The van der Waals surface area contributed by atoms with Gasteiger partial charge in [0.15, 0.2) is 0 Å². The van der Waals surface area contributed by atoms with Gasteiger partial charge in [0, 0.05) is 16.3 Å². The Kier molecular flexibility index (Phi) is 3.76. The summed E-state index contributed by atoms with van der Waals surface area (Å²) in [7, 11) is 0. The molecule has 0 saturated heterocycles. The van der Waals surface area contributed by atoms with Crippen molar-refractivity contribution in [3.63, 3.8) is 0 Å². The average molecular weight is 306 g/mol. The second kappa shape index (κ2) is 5.00. The lowest BCUT2D eigenvalue weighted by atomic mass is 10.2. The van der Waals surface area contributed by atoms with Crippen LogP contribution in [0, 0.1) is 6.92 Å². The minimum atomic E-state index is -0.138. The van der Waals surface area contributed by atoms with E-state index in [0.29, 0.717) is 27.2 Å². The van der Waals surface area contributed by atoms with Crippen molar-refractivity contribution in [2.24, 2.45) is 0 Å². The van der Waals surface area contributed by atoms with Crippen molar-refractivity contribution in [1.29, 1.82) is 0 Å². The summed E-state index contributed by atoms with van der Waals surface area (Å²) in [5.74, 6) is 0. The predicted molar refractivity (Wildman–Crippen MR) is 75.5 cm³/mol. The van der Waals surface area contributed by atoms with Crippen LogP contribution in [0.3, 0.4) is 0 Å². The summed E-state index contributed by atoms with van der Waals surface area (Å²) in [6.45, 7) is 3.77. The Morgan fingerprint density at radius 1 is 1.22 bits per heavy atom. The molecule has 2 rings (SSSR count). The van der Waals surface area contributed by atoms with Crippen LogP contribution in [0.1, 0.15) is 18.2 Å². The highest BCUT2D eigenvalue weighted by molar-refractivity contribution is 6.40. The molecule has 1 N–H and O–H groups in total. The topological polar surface area (TPSA) is 37.8 Å². The molecule has 6 heteroatoms. The molecule has 0 aliphatic rings. The van der Waals surface area contributed by atoms with Gasteiger partial charge in [0.2, 0.25) is 0 Å². The molecule has 0 unspecified atom stereocenters. The fourth-order valence-electron chi connectivity index (χ4n) is 1.90. The summed E-state index contributed by atoms with van der Waals surface area (Å²) in [6.07, 6.45) is 0.650. The number of halogens is 3. The SMILES string of the molecule is CCc1c(C)[nH]n(-c2c(Cl)cc(Cl)cc2Cl)c1=O. The largest absolute Gasteiger partial charge is 0.295 e. The van der Waals surface area contributed by atoms with E-state index in [1.54, 1.807) is 12.1 Å². The van der Waals surface area contributed by atoms with Crippen LogP contribution in [0.2, 0.25) is 15.1 Å². The summed E-state index contributed by atoms with van der Waals surface area (Å²) < 4.78 is 1.36. The number of aryl methyl sites for hydroxylation is 1. The lowest BCUT2D eigenvalue weighted by Gasteiger charge is -2.07. The molecule has 0 aliphatic carbocycles. The zero-order valence-electron chi connectivity index (χ0n) is 9.85. The fraction of sp³-hybridized carbons (Fsp3) is 0.250. The maximum absolute atomic E-state index is 12.2. The Morgan fingerprint density at radius 2 is 1.78 bits per heavy atom. The summed E-state index contributed by atoms with van der Waals surface area (Å²) in [5.41, 5.74) is 1.82. The molecule has 0 amide bonds. The Balaban J connectivity index is 2.74. The average Bonchev–Trinajstić information content (AvgIpc) is 2.53. The second-order valence-electron chi connectivity index (χ2n) is 3.93. The highest BCUT2D eigenvalue weighted by atomic mass is 35.5. The lowest BCUT2D eigenvalue weighted by molar-refractivity contribution is 0.835. The molecule has 0 aliphatic heterocycles. The fourth-order valence-corrected chi connectivity index (χ4v) is 2.89. The predicted octanol–water partition coefficient (Wildman–Crippen LogP) is 4.00. The van der Waals surface area contributed by atoms with Crippen LogP contribution in [-0.2, 0) is 6.42 Å². The third-order valence-electron chi connectivity index (χ3n) is 2.75. The van der Waals surface area contributed by atoms with Crippen LogP contribution in [0.15, 0.2) is 16.9 Å². The maximum Gasteiger partial charge on any atom is 0.274 e. The van der Waals surface area contributed by atoms with Gasteiger partial charge < -0.3 is 0 Å². The third kappa shape index (κ3) is 2.18. The van der Waals surface area contributed by atoms with Crippen molar-refractivity contribution < 1.29 is 0 Å². The highest BCUT2D eigenvalue weighted by Crippen LogP contribution is 2.31. The number of aromatic amines is 1. The summed E-state index contributed by atoms with van der Waals surface area (Å²) in [4.78, 5) is 12.2. The van der Waals surface area contributed by atoms with Crippen molar-refractivity contribution in [3.8, 4) is 5.69 Å². The Labute approximate surface area is 119 Å². The standard InChI is InChI=1S/C12H11Cl3N2O/c1-3-8-6(2)16-17(12(8)18)11-9(14)4-7(13)5-10(11)15/h4-5,16H,3H2,1-2H3. The molecule has 1 aromatic carbocycles. The minimum absolute atomic E-state index is 0.138. The molecule has 0 bridgehead atoms. The number of H-pyrrole nitrogens is 1. The normalized spacial score (nSPS) is 10.9. The number of nitrogens with one attached hydrogen (secondary N) is 1. The molecular formula is C12H11Cl3N2O. The number of hydrogen-bond acceptors (Lipinski definition) is 1. The zero-order chi connectivity index (χ0) is 13.4. The van der Waals surface area contributed by atoms with E-state index in [2.05, 4.69) is 5.10 Å². The molecule has 18 heavy (non-hydrogen) atoms. The van der Waals surface area contributed by atoms with Gasteiger partial charge in [-0.15, -0.1) is 0 Å². The molecule has 3 nitrogen and oxygen atoms in total. The molecule has 0 saturated carbocycles. The zero-order valence-corrected chi connectivity index (χ0v) is 12.1. The van der Waals surface area contributed by atoms with Crippen LogP contribution in [0.25, 0.3) is 5.69 Å². The molecule has 2 aromatic rings. The Hall–Kier alpha value is -0.900. The van der Waals surface area contributed by atoms with Crippen LogP contribution < -0.4 is 5.56 Å². The van der Waals surface area contributed by atoms with E-state index in [4.69, 9.17) is 34.8 Å². The molecule has 0 radical (unpaired) electrons. The first-order chi connectivity index (χ1) is 8.45. The Bertz CT molecular complexity index is 635. The van der Waals surface area contributed by atoms with E-state index in [0.717, 1.165) is 11.3 Å². The molecule has 1 heterocycles. The molecule has 1 aromatic heterocycles. The molecule has 0 spiro atoms. The van der Waals surface area contributed by atoms with Gasteiger partial charge in [-0.05, 0) is 25.5 Å². The number of nitrogens with zero attached hydrogens (tertiary/aromatic N) is 1. The first-order valence-electron chi connectivity index (χ1n) is 5.41. The van der Waals surface area contributed by atoms with E-state index in [1.807, 2.05) is 13.8 Å². The van der Waals surface area contributed by atoms with Gasteiger partial charge in [-0.3, -0.25) is 9.89 Å². The van der Waals surface area contributed by atoms with E-state index < -0.39 is 0 Å². The van der Waals surface area contributed by atoms with Crippen LogP contribution in [-0.4, -0.2) is 9.78 Å². The number of aromatic nitrogens is 2. The Morgan fingerprint density at radius 3 is 2.22 bits per heavy atom. The molecular weight excluding hydrogens is 295 g/mol. The van der Waals surface area contributed by atoms with Gasteiger partial charge >= 0.3 is 0 Å². The minimum Gasteiger partial charge on any atom is -0.295 e. The van der Waals surface area contributed by atoms with Crippen molar-refractivity contribution in [2.45, 2.75) is 20.3 Å².